The van der Waals surface area contributed by atoms with Crippen molar-refractivity contribution in [3.05, 3.63) is 156 Å². The van der Waals surface area contributed by atoms with Crippen LogP contribution in [0.25, 0.3) is 55.0 Å². The average molecular weight is 561 g/mol. The zero-order valence-corrected chi connectivity index (χ0v) is 24.0. The highest BCUT2D eigenvalue weighted by molar-refractivity contribution is 6.06. The predicted molar refractivity (Wildman–Crippen MR) is 180 cm³/mol. The summed E-state index contributed by atoms with van der Waals surface area (Å²) < 4.78 is 11.9. The van der Waals surface area contributed by atoms with Crippen molar-refractivity contribution >= 4 is 50.6 Å². The molecule has 0 spiro atoms. The minimum atomic E-state index is -0.237. The molecule has 0 fully saturated rings. The summed E-state index contributed by atoms with van der Waals surface area (Å²) in [4.78, 5) is 0. The molecule has 0 saturated heterocycles. The van der Waals surface area contributed by atoms with Crippen LogP contribution in [0.3, 0.4) is 0 Å². The number of para-hydroxylation sites is 4. The summed E-state index contributed by atoms with van der Waals surface area (Å²) in [5, 5.41) is 10.1. The first-order chi connectivity index (χ1) is 21.2. The number of aryl methyl sites for hydroxylation is 1. The highest BCUT2D eigenvalue weighted by Crippen LogP contribution is 2.35. The van der Waals surface area contributed by atoms with Gasteiger partial charge in [-0.3, -0.25) is 0 Å². The molecule has 2 aromatic heterocycles. The molecule has 0 radical (unpaired) electrons. The number of nitrogens with two attached hydrogens (primary N) is 1. The van der Waals surface area contributed by atoms with E-state index in [0.29, 0.717) is 0 Å². The second-order valence-corrected chi connectivity index (χ2v) is 10.3. The van der Waals surface area contributed by atoms with E-state index in [0.717, 1.165) is 44.2 Å². The number of fused-ring (bicyclic) bond motifs is 6. The van der Waals surface area contributed by atoms with Crippen LogP contribution in [-0.4, -0.2) is 6.72 Å². The summed E-state index contributed by atoms with van der Waals surface area (Å²) in [6.45, 7) is 4.57. The van der Waals surface area contributed by atoms with E-state index in [1.54, 1.807) is 0 Å². The lowest BCUT2D eigenvalue weighted by molar-refractivity contribution is 0.657. The van der Waals surface area contributed by atoms with Crippen LogP contribution in [0.15, 0.2) is 148 Å². The Morgan fingerprint density at radius 1 is 0.512 bits per heavy atom. The Kier molecular flexibility index (Phi) is 7.86. The second kappa shape index (κ2) is 12.2. The van der Waals surface area contributed by atoms with E-state index in [1.165, 1.54) is 27.5 Å². The van der Waals surface area contributed by atoms with Gasteiger partial charge in [-0.1, -0.05) is 127 Å². The highest BCUT2D eigenvalue weighted by atomic mass is 16.3. The molecule has 3 N–H and O–H groups in total. The molecule has 210 valence electrons. The van der Waals surface area contributed by atoms with Crippen LogP contribution in [0.4, 0.5) is 0 Å². The van der Waals surface area contributed by atoms with Crippen LogP contribution in [0.2, 0.25) is 0 Å². The Morgan fingerprint density at radius 3 is 1.65 bits per heavy atom. The highest BCUT2D eigenvalue weighted by Gasteiger charge is 2.17. The molecule has 8 aromatic rings. The fraction of sp³-hybridized carbons (Fsp3) is 0.0513. The van der Waals surface area contributed by atoms with Gasteiger partial charge in [0.2, 0.25) is 0 Å². The normalized spacial score (nSPS) is 11.6. The van der Waals surface area contributed by atoms with Crippen molar-refractivity contribution < 1.29 is 8.83 Å². The largest absolute Gasteiger partial charge is 0.456 e. The molecule has 6 aromatic carbocycles. The first-order valence-corrected chi connectivity index (χ1v) is 14.2. The molecule has 8 rings (SSSR count). The standard InChI is InChI=1S/C25H19NO.C13H10O.CH3N/c26-24(19-15-13-18(14-16-19)17-7-2-1-3-8-17)22-11-6-10-21-20-9-4-5-12-23(20)27-25(21)22;1-9-5-4-7-11-10-6-2-3-8-12(10)14-13(9)11;1-2/h1-16,24H,26H2;2-8H,1H3;2H,1H2. The molecule has 2 heterocycles. The maximum atomic E-state index is 6.63. The number of furan rings is 2. The summed E-state index contributed by atoms with van der Waals surface area (Å²) in [6, 6.07) is 47.3. The molecule has 0 saturated carbocycles. The third kappa shape index (κ3) is 5.32. The number of hydrogen-bond donors (Lipinski definition) is 2. The lowest BCUT2D eigenvalue weighted by Crippen LogP contribution is -2.11. The van der Waals surface area contributed by atoms with Crippen LogP contribution in [-0.2, 0) is 0 Å². The summed E-state index contributed by atoms with van der Waals surface area (Å²) >= 11 is 0. The van der Waals surface area contributed by atoms with Crippen LogP contribution in [0.1, 0.15) is 22.7 Å². The predicted octanol–water partition coefficient (Wildman–Crippen LogP) is 10.5. The third-order valence-electron chi connectivity index (χ3n) is 7.75. The molecule has 0 aliphatic carbocycles. The van der Waals surface area contributed by atoms with E-state index in [-0.39, 0.29) is 6.04 Å². The Labute approximate surface area is 250 Å². The van der Waals surface area contributed by atoms with Gasteiger partial charge in [-0.05, 0) is 48.0 Å². The summed E-state index contributed by atoms with van der Waals surface area (Å²) in [5.41, 5.74) is 16.0. The van der Waals surface area contributed by atoms with Gasteiger partial charge in [0.05, 0.1) is 6.04 Å². The number of nitrogens with one attached hydrogen (secondary N) is 1. The van der Waals surface area contributed by atoms with Gasteiger partial charge in [-0.15, -0.1) is 0 Å². The third-order valence-corrected chi connectivity index (χ3v) is 7.75. The molecular formula is C39H32N2O2. The lowest BCUT2D eigenvalue weighted by atomic mass is 9.95. The Bertz CT molecular complexity index is 2140. The SMILES string of the molecule is C=N.Cc1cccc2c1oc1ccccc12.NC(c1ccc(-c2ccccc2)cc1)c1cccc2c1oc1ccccc12. The molecule has 4 nitrogen and oxygen atoms in total. The zero-order valence-electron chi connectivity index (χ0n) is 24.0. The molecular weight excluding hydrogens is 528 g/mol. The van der Waals surface area contributed by atoms with E-state index in [2.05, 4.69) is 111 Å². The van der Waals surface area contributed by atoms with Crippen molar-refractivity contribution in [1.82, 2.24) is 0 Å². The van der Waals surface area contributed by atoms with Crippen LogP contribution in [0, 0.1) is 12.3 Å². The zero-order chi connectivity index (χ0) is 29.8. The summed E-state index contributed by atoms with van der Waals surface area (Å²) in [6.07, 6.45) is 0. The fourth-order valence-electron chi connectivity index (χ4n) is 5.60. The molecule has 0 aliphatic rings. The summed E-state index contributed by atoms with van der Waals surface area (Å²) in [5.74, 6) is 0. The molecule has 1 unspecified atom stereocenters. The Balaban J connectivity index is 0.000000172. The minimum absolute atomic E-state index is 0.237. The smallest absolute Gasteiger partial charge is 0.140 e. The first kappa shape index (κ1) is 27.7. The maximum Gasteiger partial charge on any atom is 0.140 e. The number of hydrogen-bond acceptors (Lipinski definition) is 4. The number of rotatable bonds is 3. The lowest BCUT2D eigenvalue weighted by Gasteiger charge is -2.14. The molecule has 0 aliphatic heterocycles. The monoisotopic (exact) mass is 560 g/mol. The van der Waals surface area contributed by atoms with Crippen molar-refractivity contribution in [3.63, 3.8) is 0 Å². The van der Waals surface area contributed by atoms with Gasteiger partial charge in [-0.2, -0.15) is 0 Å². The van der Waals surface area contributed by atoms with Gasteiger partial charge in [0, 0.05) is 27.1 Å². The van der Waals surface area contributed by atoms with Crippen molar-refractivity contribution in [2.45, 2.75) is 13.0 Å². The topological polar surface area (TPSA) is 76.2 Å². The molecule has 4 heteroatoms. The average Bonchev–Trinajstić information content (AvgIpc) is 3.66. The first-order valence-electron chi connectivity index (χ1n) is 14.2. The van der Waals surface area contributed by atoms with E-state index in [9.17, 15) is 0 Å². The van der Waals surface area contributed by atoms with Crippen LogP contribution in [0.5, 0.6) is 0 Å². The molecule has 43 heavy (non-hydrogen) atoms. The second-order valence-electron chi connectivity index (χ2n) is 10.3. The van der Waals surface area contributed by atoms with Gasteiger partial charge in [0.1, 0.15) is 22.3 Å². The van der Waals surface area contributed by atoms with Gasteiger partial charge in [0.25, 0.3) is 0 Å². The molecule has 0 bridgehead atoms. The molecule has 0 amide bonds. The van der Waals surface area contributed by atoms with Crippen molar-refractivity contribution in [1.29, 1.82) is 5.41 Å². The van der Waals surface area contributed by atoms with Gasteiger partial charge >= 0.3 is 0 Å². The Hall–Kier alpha value is -5.45. The van der Waals surface area contributed by atoms with Crippen LogP contribution >= 0.6 is 0 Å². The van der Waals surface area contributed by atoms with Crippen molar-refractivity contribution in [2.24, 2.45) is 5.73 Å². The van der Waals surface area contributed by atoms with Gasteiger partial charge < -0.3 is 20.0 Å². The Morgan fingerprint density at radius 2 is 1.00 bits per heavy atom. The van der Waals surface area contributed by atoms with Crippen molar-refractivity contribution in [3.8, 4) is 11.1 Å². The fourth-order valence-corrected chi connectivity index (χ4v) is 5.60. The minimum Gasteiger partial charge on any atom is -0.456 e. The van der Waals surface area contributed by atoms with E-state index in [4.69, 9.17) is 20.0 Å². The summed E-state index contributed by atoms with van der Waals surface area (Å²) in [7, 11) is 0. The van der Waals surface area contributed by atoms with Gasteiger partial charge in [-0.25, -0.2) is 0 Å². The van der Waals surface area contributed by atoms with Crippen LogP contribution < -0.4 is 5.73 Å². The van der Waals surface area contributed by atoms with E-state index >= 15 is 0 Å². The quantitative estimate of drug-likeness (QED) is 0.211. The number of benzene rings is 6. The van der Waals surface area contributed by atoms with E-state index < -0.39 is 0 Å². The molecule has 1 atom stereocenters. The van der Waals surface area contributed by atoms with Gasteiger partial charge in [0.15, 0.2) is 0 Å². The maximum absolute atomic E-state index is 6.63. The van der Waals surface area contributed by atoms with E-state index in [1.807, 2.05) is 42.5 Å². The van der Waals surface area contributed by atoms with Crippen molar-refractivity contribution in [2.75, 3.05) is 0 Å².